The van der Waals surface area contributed by atoms with E-state index in [1.165, 1.54) is 199 Å². The Hall–Kier alpha value is -1.68. The monoisotopic (exact) mass is 1070 g/mol. The van der Waals surface area contributed by atoms with E-state index < -0.39 is 59.8 Å². The molecule has 4 N–H and O–H groups in total. The third-order valence-corrected chi connectivity index (χ3v) is 14.7. The van der Waals surface area contributed by atoms with Crippen molar-refractivity contribution in [2.75, 3.05) is 26.4 Å². The Morgan fingerprint density at radius 2 is 0.892 bits per heavy atom. The number of unbranched alkanes of at least 4 members (excludes halogenated alkanes) is 36. The van der Waals surface area contributed by atoms with Gasteiger partial charge in [0.05, 0.1) is 19.8 Å². The fourth-order valence-corrected chi connectivity index (χ4v) is 10.1. The van der Waals surface area contributed by atoms with E-state index >= 15 is 0 Å². The predicted molar refractivity (Wildman–Crippen MR) is 304 cm³/mol. The molecule has 1 rings (SSSR count). The number of hydrogen-bond acceptors (Lipinski definition) is 11. The predicted octanol–water partition coefficient (Wildman–Crippen LogP) is 15.7. The fourth-order valence-electron chi connectivity index (χ4n) is 9.62. The summed E-state index contributed by atoms with van der Waals surface area (Å²) in [4.78, 5) is 13.0. The number of ether oxygens (including phenoxy) is 4. The molecule has 0 saturated carbocycles. The Bertz CT molecular complexity index is 1420. The van der Waals surface area contributed by atoms with E-state index in [0.717, 1.165) is 57.8 Å². The fraction of sp³-hybridized carbons (Fsp3) is 0.885. The van der Waals surface area contributed by atoms with Gasteiger partial charge in [0.1, 0.15) is 30.5 Å². The molecule has 1 aliphatic heterocycles. The summed E-state index contributed by atoms with van der Waals surface area (Å²) in [5, 5.41) is 30.9. The summed E-state index contributed by atoms with van der Waals surface area (Å²) in [6, 6.07) is 0. The van der Waals surface area contributed by atoms with E-state index in [9.17, 15) is 33.1 Å². The van der Waals surface area contributed by atoms with Gasteiger partial charge in [0.25, 0.3) is 0 Å². The van der Waals surface area contributed by atoms with Crippen molar-refractivity contribution in [3.63, 3.8) is 0 Å². The Kier molecular flexibility index (Phi) is 49.5. The highest BCUT2D eigenvalue weighted by atomic mass is 32.3. The summed E-state index contributed by atoms with van der Waals surface area (Å²) in [6.45, 7) is 4.04. The molecule has 1 saturated heterocycles. The van der Waals surface area contributed by atoms with Gasteiger partial charge in [-0.25, -0.2) is 4.18 Å². The maximum atomic E-state index is 13.0. The summed E-state index contributed by atoms with van der Waals surface area (Å²) in [6.07, 6.45) is 56.1. The van der Waals surface area contributed by atoms with Gasteiger partial charge in [-0.05, 0) is 51.4 Å². The number of carbonyl (C=O) groups is 1. The molecule has 0 aromatic heterocycles. The maximum absolute atomic E-state index is 13.0. The van der Waals surface area contributed by atoms with Crippen LogP contribution < -0.4 is 0 Å². The molecule has 1 aliphatic rings. The van der Waals surface area contributed by atoms with Gasteiger partial charge in [-0.2, -0.15) is 8.42 Å². The minimum absolute atomic E-state index is 0.0367. The van der Waals surface area contributed by atoms with Gasteiger partial charge in [-0.3, -0.25) is 9.35 Å². The molecule has 436 valence electrons. The molecule has 0 aromatic rings. The normalized spacial score (nSPS) is 18.9. The third kappa shape index (κ3) is 44.3. The topological polar surface area (TPSA) is 178 Å². The van der Waals surface area contributed by atoms with Crippen LogP contribution in [0.3, 0.4) is 0 Å². The van der Waals surface area contributed by atoms with Crippen LogP contribution in [-0.4, -0.2) is 97.5 Å². The Morgan fingerprint density at radius 3 is 1.30 bits per heavy atom. The van der Waals surface area contributed by atoms with Crippen LogP contribution in [0.15, 0.2) is 36.5 Å². The second kappa shape index (κ2) is 52.0. The molecule has 0 bridgehead atoms. The largest absolute Gasteiger partial charge is 0.457 e. The van der Waals surface area contributed by atoms with Crippen LogP contribution in [-0.2, 0) is 38.3 Å². The molecule has 0 amide bonds. The van der Waals surface area contributed by atoms with Gasteiger partial charge in [0, 0.05) is 13.0 Å². The first-order valence-corrected chi connectivity index (χ1v) is 32.1. The van der Waals surface area contributed by atoms with Crippen molar-refractivity contribution >= 4 is 16.4 Å². The van der Waals surface area contributed by atoms with E-state index in [2.05, 4.69) is 54.5 Å². The van der Waals surface area contributed by atoms with Crippen molar-refractivity contribution in [1.29, 1.82) is 0 Å². The lowest BCUT2D eigenvalue weighted by atomic mass is 9.99. The van der Waals surface area contributed by atoms with Crippen LogP contribution in [0.4, 0.5) is 0 Å². The van der Waals surface area contributed by atoms with Crippen LogP contribution in [0.5, 0.6) is 0 Å². The highest BCUT2D eigenvalue weighted by Gasteiger charge is 2.48. The number of aliphatic hydroxyl groups excluding tert-OH is 3. The minimum Gasteiger partial charge on any atom is -0.457 e. The average Bonchev–Trinajstić information content (AvgIpc) is 3.38. The summed E-state index contributed by atoms with van der Waals surface area (Å²) < 4.78 is 59.5. The van der Waals surface area contributed by atoms with Crippen LogP contribution in [0.1, 0.15) is 284 Å². The summed E-state index contributed by atoms with van der Waals surface area (Å²) in [5.74, 6) is -0.401. The van der Waals surface area contributed by atoms with Crippen LogP contribution in [0, 0.1) is 0 Å². The summed E-state index contributed by atoms with van der Waals surface area (Å²) >= 11 is 0. The van der Waals surface area contributed by atoms with E-state index in [1.807, 2.05) is 0 Å². The van der Waals surface area contributed by atoms with E-state index in [4.69, 9.17) is 18.9 Å². The second-order valence-corrected chi connectivity index (χ2v) is 22.4. The molecule has 6 unspecified atom stereocenters. The molecule has 1 heterocycles. The number of esters is 1. The van der Waals surface area contributed by atoms with Crippen molar-refractivity contribution in [2.24, 2.45) is 0 Å². The molecule has 12 nitrogen and oxygen atoms in total. The molecule has 74 heavy (non-hydrogen) atoms. The number of allylic oxidation sites excluding steroid dienone is 6. The number of carbonyl (C=O) groups excluding carboxylic acids is 1. The Labute approximate surface area is 454 Å². The van der Waals surface area contributed by atoms with Crippen LogP contribution in [0.25, 0.3) is 0 Å². The molecule has 0 aliphatic carbocycles. The zero-order valence-electron chi connectivity index (χ0n) is 47.4. The highest BCUT2D eigenvalue weighted by Crippen LogP contribution is 2.26. The molecular formula is C61H114O12S. The molecule has 0 aromatic carbocycles. The van der Waals surface area contributed by atoms with Crippen molar-refractivity contribution < 1.29 is 56.2 Å². The molecule has 1 fully saturated rings. The third-order valence-electron chi connectivity index (χ3n) is 14.3. The summed E-state index contributed by atoms with van der Waals surface area (Å²) in [5.41, 5.74) is 0. The lowest BCUT2D eigenvalue weighted by molar-refractivity contribution is -0.301. The van der Waals surface area contributed by atoms with Gasteiger partial charge in [-0.15, -0.1) is 0 Å². The molecule has 13 heteroatoms. The number of aliphatic hydroxyl groups is 3. The zero-order chi connectivity index (χ0) is 53.8. The van der Waals surface area contributed by atoms with Crippen LogP contribution in [0.2, 0.25) is 0 Å². The quantitative estimate of drug-likeness (QED) is 0.0196. The van der Waals surface area contributed by atoms with Crippen molar-refractivity contribution in [2.45, 2.75) is 320 Å². The van der Waals surface area contributed by atoms with Crippen molar-refractivity contribution in [1.82, 2.24) is 0 Å². The average molecular weight is 1070 g/mol. The molecular weight excluding hydrogens is 957 g/mol. The lowest BCUT2D eigenvalue weighted by Crippen LogP contribution is -2.60. The molecule has 0 radical (unpaired) electrons. The van der Waals surface area contributed by atoms with Gasteiger partial charge in [0.2, 0.25) is 0 Å². The van der Waals surface area contributed by atoms with Gasteiger partial charge >= 0.3 is 16.4 Å². The van der Waals surface area contributed by atoms with E-state index in [-0.39, 0.29) is 19.6 Å². The van der Waals surface area contributed by atoms with Gasteiger partial charge in [-0.1, -0.05) is 262 Å². The zero-order valence-corrected chi connectivity index (χ0v) is 48.2. The van der Waals surface area contributed by atoms with Crippen LogP contribution >= 0.6 is 0 Å². The molecule has 6 atom stereocenters. The van der Waals surface area contributed by atoms with E-state index in [0.29, 0.717) is 13.0 Å². The van der Waals surface area contributed by atoms with Gasteiger partial charge < -0.3 is 34.3 Å². The lowest BCUT2D eigenvalue weighted by Gasteiger charge is -2.41. The number of rotatable bonds is 55. The van der Waals surface area contributed by atoms with Crippen molar-refractivity contribution in [3.8, 4) is 0 Å². The van der Waals surface area contributed by atoms with Crippen molar-refractivity contribution in [3.05, 3.63) is 36.5 Å². The maximum Gasteiger partial charge on any atom is 0.397 e. The SMILES string of the molecule is CCCCCCC/C=C\C/C=C\C/C=C\CCCCCCCCCCC(=O)OC(COCCCCCCCCCCCCCCCCCCCCCCCCCC)COC1OC(CO)C(O)C(OS(=O)(=O)O)C1O. The first kappa shape index (κ1) is 70.3. The first-order valence-electron chi connectivity index (χ1n) is 30.7. The smallest absolute Gasteiger partial charge is 0.397 e. The minimum atomic E-state index is -5.07. The number of hydrogen-bond donors (Lipinski definition) is 4. The summed E-state index contributed by atoms with van der Waals surface area (Å²) in [7, 11) is -5.07. The Morgan fingerprint density at radius 1 is 0.514 bits per heavy atom. The van der Waals surface area contributed by atoms with E-state index in [1.54, 1.807) is 0 Å². The highest BCUT2D eigenvalue weighted by molar-refractivity contribution is 7.80. The first-order chi connectivity index (χ1) is 36.1. The molecule has 0 spiro atoms. The Balaban J connectivity index is 2.27. The second-order valence-electron chi connectivity index (χ2n) is 21.3. The standard InChI is InChI=1S/C61H114O12S/c1-3-5-7-9-11-13-15-17-19-21-23-25-27-29-31-33-35-37-39-41-43-45-47-49-51-69-53-55(54-70-61-59(65)60(73-74(66,67)68)58(64)56(52-62)72-61)71-57(63)50-48-46-44-42-40-38-36-34-32-30-28-26-24-22-20-18-16-14-12-10-8-6-4-2/h16,18,22,24,28,30,55-56,58-62,64-65H,3-15,17,19-21,23,25-27,29,31-54H2,1-2H3,(H,66,67,68)/b18-16-,24-22-,30-28-. The van der Waals surface area contributed by atoms with Gasteiger partial charge in [0.15, 0.2) is 6.29 Å².